The number of rotatable bonds is 5. The fourth-order valence-corrected chi connectivity index (χ4v) is 2.69. The second kappa shape index (κ2) is 7.38. The molecule has 0 spiro atoms. The van der Waals surface area contributed by atoms with E-state index >= 15 is 0 Å². The predicted octanol–water partition coefficient (Wildman–Crippen LogP) is 3.77. The van der Waals surface area contributed by atoms with Crippen molar-refractivity contribution < 1.29 is 4.79 Å². The highest BCUT2D eigenvalue weighted by Gasteiger charge is 2.12. The average molecular weight is 347 g/mol. The van der Waals surface area contributed by atoms with E-state index in [1.165, 1.54) is 0 Å². The lowest BCUT2D eigenvalue weighted by molar-refractivity contribution is 0.102. The summed E-state index contributed by atoms with van der Waals surface area (Å²) in [5.74, 6) is -0.0870. The lowest BCUT2D eigenvalue weighted by atomic mass is 10.0. The number of hydrogen-bond donors (Lipinski definition) is 2. The first-order chi connectivity index (χ1) is 10.2. The average Bonchev–Trinajstić information content (AvgIpc) is 2.49. The molecule has 0 fully saturated rings. The first-order valence-electron chi connectivity index (χ1n) is 7.03. The van der Waals surface area contributed by atoms with E-state index in [1.54, 1.807) is 0 Å². The van der Waals surface area contributed by atoms with Crippen LogP contribution in [0.4, 0.5) is 5.69 Å². The van der Waals surface area contributed by atoms with E-state index in [9.17, 15) is 4.79 Å². The smallest absolute Gasteiger partial charge is 0.255 e. The minimum Gasteiger partial charge on any atom is -0.330 e. The third-order valence-electron chi connectivity index (χ3n) is 3.37. The van der Waals surface area contributed by atoms with Gasteiger partial charge in [-0.05, 0) is 54.8 Å². The Morgan fingerprint density at radius 1 is 1.19 bits per heavy atom. The number of carbonyl (C=O) groups is 1. The van der Waals surface area contributed by atoms with Gasteiger partial charge in [0.1, 0.15) is 0 Å². The summed E-state index contributed by atoms with van der Waals surface area (Å²) in [6.45, 7) is 2.60. The van der Waals surface area contributed by atoms with Crippen molar-refractivity contribution in [2.45, 2.75) is 19.8 Å². The molecule has 0 radical (unpaired) electrons. The summed E-state index contributed by atoms with van der Waals surface area (Å²) in [5.41, 5.74) is 9.24. The Kier molecular flexibility index (Phi) is 5.53. The van der Waals surface area contributed by atoms with Crippen molar-refractivity contribution in [3.8, 4) is 0 Å². The number of amides is 1. The van der Waals surface area contributed by atoms with E-state index in [4.69, 9.17) is 5.73 Å². The third-order valence-corrected chi connectivity index (χ3v) is 3.87. The SMILES string of the molecule is CCc1cc(Br)ccc1NC(=O)c1ccccc1CCN. The Morgan fingerprint density at radius 3 is 2.67 bits per heavy atom. The van der Waals surface area contributed by atoms with E-state index in [2.05, 4.69) is 28.2 Å². The number of nitrogens with one attached hydrogen (secondary N) is 1. The Morgan fingerprint density at radius 2 is 1.95 bits per heavy atom. The number of aryl methyl sites for hydroxylation is 1. The van der Waals surface area contributed by atoms with Gasteiger partial charge in [-0.1, -0.05) is 41.1 Å². The summed E-state index contributed by atoms with van der Waals surface area (Å²) in [7, 11) is 0. The van der Waals surface area contributed by atoms with Gasteiger partial charge in [0, 0.05) is 15.7 Å². The topological polar surface area (TPSA) is 55.1 Å². The number of benzene rings is 2. The first kappa shape index (κ1) is 15.7. The van der Waals surface area contributed by atoms with Gasteiger partial charge >= 0.3 is 0 Å². The summed E-state index contributed by atoms with van der Waals surface area (Å²) >= 11 is 3.45. The van der Waals surface area contributed by atoms with Gasteiger partial charge in [-0.2, -0.15) is 0 Å². The monoisotopic (exact) mass is 346 g/mol. The van der Waals surface area contributed by atoms with Crippen LogP contribution in [0.2, 0.25) is 0 Å². The molecule has 3 nitrogen and oxygen atoms in total. The Bertz CT molecular complexity index is 640. The summed E-state index contributed by atoms with van der Waals surface area (Å²) in [4.78, 5) is 12.5. The molecule has 4 heteroatoms. The lowest BCUT2D eigenvalue weighted by Gasteiger charge is -2.12. The number of hydrogen-bond acceptors (Lipinski definition) is 2. The van der Waals surface area contributed by atoms with Crippen LogP contribution in [0.3, 0.4) is 0 Å². The van der Waals surface area contributed by atoms with Crippen molar-refractivity contribution in [1.29, 1.82) is 0 Å². The van der Waals surface area contributed by atoms with Gasteiger partial charge in [-0.25, -0.2) is 0 Å². The van der Waals surface area contributed by atoms with Crippen molar-refractivity contribution >= 4 is 27.5 Å². The molecule has 2 aromatic carbocycles. The molecule has 0 saturated heterocycles. The van der Waals surface area contributed by atoms with Crippen LogP contribution in [0.1, 0.15) is 28.4 Å². The van der Waals surface area contributed by atoms with Crippen LogP contribution in [-0.4, -0.2) is 12.5 Å². The fraction of sp³-hybridized carbons (Fsp3) is 0.235. The van der Waals surface area contributed by atoms with Crippen LogP contribution in [0.15, 0.2) is 46.9 Å². The number of carbonyl (C=O) groups excluding carboxylic acids is 1. The maximum Gasteiger partial charge on any atom is 0.255 e. The quantitative estimate of drug-likeness (QED) is 0.865. The molecule has 1 amide bonds. The molecule has 0 bridgehead atoms. The molecular formula is C17H19BrN2O. The molecule has 2 rings (SSSR count). The zero-order valence-electron chi connectivity index (χ0n) is 12.0. The summed E-state index contributed by atoms with van der Waals surface area (Å²) in [6, 6.07) is 13.5. The van der Waals surface area contributed by atoms with E-state index in [1.807, 2.05) is 42.5 Å². The second-order valence-electron chi connectivity index (χ2n) is 4.80. The molecular weight excluding hydrogens is 328 g/mol. The Labute approximate surface area is 133 Å². The van der Waals surface area contributed by atoms with Crippen LogP contribution in [-0.2, 0) is 12.8 Å². The standard InChI is InChI=1S/C17H19BrN2O/c1-2-12-11-14(18)7-8-16(12)20-17(21)15-6-4-3-5-13(15)9-10-19/h3-8,11H,2,9-10,19H2,1H3,(H,20,21). The molecule has 0 unspecified atom stereocenters. The maximum atomic E-state index is 12.5. The fourth-order valence-electron chi connectivity index (χ4n) is 2.28. The molecule has 0 aromatic heterocycles. The molecule has 0 atom stereocenters. The highest BCUT2D eigenvalue weighted by Crippen LogP contribution is 2.22. The van der Waals surface area contributed by atoms with E-state index < -0.39 is 0 Å². The maximum absolute atomic E-state index is 12.5. The Balaban J connectivity index is 2.26. The van der Waals surface area contributed by atoms with Gasteiger partial charge in [0.2, 0.25) is 0 Å². The van der Waals surface area contributed by atoms with Crippen LogP contribution in [0.5, 0.6) is 0 Å². The minimum atomic E-state index is -0.0870. The predicted molar refractivity (Wildman–Crippen MR) is 90.7 cm³/mol. The Hall–Kier alpha value is -1.65. The molecule has 0 saturated carbocycles. The highest BCUT2D eigenvalue weighted by molar-refractivity contribution is 9.10. The normalized spacial score (nSPS) is 10.4. The zero-order chi connectivity index (χ0) is 15.2. The molecule has 21 heavy (non-hydrogen) atoms. The van der Waals surface area contributed by atoms with Crippen molar-refractivity contribution in [3.63, 3.8) is 0 Å². The van der Waals surface area contributed by atoms with Crippen molar-refractivity contribution in [1.82, 2.24) is 0 Å². The van der Waals surface area contributed by atoms with Gasteiger partial charge in [0.15, 0.2) is 0 Å². The van der Waals surface area contributed by atoms with Crippen LogP contribution in [0.25, 0.3) is 0 Å². The van der Waals surface area contributed by atoms with E-state index in [0.717, 1.165) is 27.7 Å². The highest BCUT2D eigenvalue weighted by atomic mass is 79.9. The van der Waals surface area contributed by atoms with E-state index in [-0.39, 0.29) is 5.91 Å². The summed E-state index contributed by atoms with van der Waals surface area (Å²) < 4.78 is 1.01. The molecule has 0 aliphatic carbocycles. The molecule has 2 aromatic rings. The zero-order valence-corrected chi connectivity index (χ0v) is 13.6. The third kappa shape index (κ3) is 3.93. The van der Waals surface area contributed by atoms with Gasteiger partial charge in [0.05, 0.1) is 0 Å². The molecule has 0 heterocycles. The first-order valence-corrected chi connectivity index (χ1v) is 7.82. The van der Waals surface area contributed by atoms with Gasteiger partial charge < -0.3 is 11.1 Å². The second-order valence-corrected chi connectivity index (χ2v) is 5.72. The number of nitrogens with two attached hydrogens (primary N) is 1. The van der Waals surface area contributed by atoms with Crippen molar-refractivity contribution in [3.05, 3.63) is 63.6 Å². The lowest BCUT2D eigenvalue weighted by Crippen LogP contribution is -2.16. The number of anilines is 1. The van der Waals surface area contributed by atoms with Crippen LogP contribution < -0.4 is 11.1 Å². The van der Waals surface area contributed by atoms with Crippen molar-refractivity contribution in [2.75, 3.05) is 11.9 Å². The molecule has 3 N–H and O–H groups in total. The van der Waals surface area contributed by atoms with Crippen LogP contribution >= 0.6 is 15.9 Å². The molecule has 110 valence electrons. The van der Waals surface area contributed by atoms with E-state index in [0.29, 0.717) is 18.5 Å². The summed E-state index contributed by atoms with van der Waals surface area (Å²) in [5, 5.41) is 3.00. The largest absolute Gasteiger partial charge is 0.330 e. The van der Waals surface area contributed by atoms with Gasteiger partial charge in [-0.3, -0.25) is 4.79 Å². The van der Waals surface area contributed by atoms with Gasteiger partial charge in [-0.15, -0.1) is 0 Å². The number of halogens is 1. The van der Waals surface area contributed by atoms with Gasteiger partial charge in [0.25, 0.3) is 5.91 Å². The molecule has 0 aliphatic rings. The molecule has 0 aliphatic heterocycles. The minimum absolute atomic E-state index is 0.0870. The van der Waals surface area contributed by atoms with Crippen molar-refractivity contribution in [2.24, 2.45) is 5.73 Å². The summed E-state index contributed by atoms with van der Waals surface area (Å²) in [6.07, 6.45) is 1.56. The van der Waals surface area contributed by atoms with Crippen LogP contribution in [0, 0.1) is 0 Å².